The molecule has 0 aromatic rings. The zero-order valence-corrected chi connectivity index (χ0v) is 10.3. The van der Waals surface area contributed by atoms with Gasteiger partial charge in [-0.05, 0) is 13.3 Å². The van der Waals surface area contributed by atoms with Gasteiger partial charge in [0.1, 0.15) is 0 Å². The summed E-state index contributed by atoms with van der Waals surface area (Å²) in [6.07, 6.45) is 0.693. The highest BCUT2D eigenvalue weighted by molar-refractivity contribution is 7.89. The van der Waals surface area contributed by atoms with Crippen LogP contribution in [0.5, 0.6) is 0 Å². The fraction of sp³-hybridized carbons (Fsp3) is 1.00. The normalized spacial score (nSPS) is 24.3. The standard InChI is InChI=1S/C8H18N2O2S.ClH/c1-3-6-13(11,12)10-5-4-9-7-8(10)2;/h8-9H,3-7H2,1-2H3;1H/t8-;/m1./s1. The molecule has 0 spiro atoms. The monoisotopic (exact) mass is 242 g/mol. The van der Waals surface area contributed by atoms with Gasteiger partial charge < -0.3 is 5.32 Å². The highest BCUT2D eigenvalue weighted by Crippen LogP contribution is 2.10. The van der Waals surface area contributed by atoms with Gasteiger partial charge in [-0.3, -0.25) is 0 Å². The second kappa shape index (κ2) is 5.90. The van der Waals surface area contributed by atoms with Crippen LogP contribution in [0.25, 0.3) is 0 Å². The number of nitrogens with one attached hydrogen (secondary N) is 1. The highest BCUT2D eigenvalue weighted by Gasteiger charge is 2.28. The Morgan fingerprint density at radius 1 is 1.50 bits per heavy atom. The molecule has 1 aliphatic heterocycles. The number of piperazine rings is 1. The van der Waals surface area contributed by atoms with Crippen molar-refractivity contribution in [3.8, 4) is 0 Å². The van der Waals surface area contributed by atoms with E-state index >= 15 is 0 Å². The lowest BCUT2D eigenvalue weighted by Crippen LogP contribution is -2.52. The summed E-state index contributed by atoms with van der Waals surface area (Å²) in [5, 5.41) is 3.17. The quantitative estimate of drug-likeness (QED) is 0.782. The van der Waals surface area contributed by atoms with Gasteiger partial charge in [-0.25, -0.2) is 8.42 Å². The average Bonchev–Trinajstić information content (AvgIpc) is 2.04. The Hall–Kier alpha value is 0.160. The first-order valence-electron chi connectivity index (χ1n) is 4.78. The fourth-order valence-corrected chi connectivity index (χ4v) is 3.35. The Morgan fingerprint density at radius 3 is 2.64 bits per heavy atom. The van der Waals surface area contributed by atoms with Crippen molar-refractivity contribution in [2.75, 3.05) is 25.4 Å². The first kappa shape index (κ1) is 14.2. The third kappa shape index (κ3) is 3.38. The summed E-state index contributed by atoms with van der Waals surface area (Å²) >= 11 is 0. The van der Waals surface area contributed by atoms with Crippen molar-refractivity contribution < 1.29 is 8.42 Å². The molecule has 4 nitrogen and oxygen atoms in total. The summed E-state index contributed by atoms with van der Waals surface area (Å²) in [5.41, 5.74) is 0. The number of nitrogens with zero attached hydrogens (tertiary/aromatic N) is 1. The van der Waals surface area contributed by atoms with Gasteiger partial charge >= 0.3 is 0 Å². The Kier molecular flexibility index (Phi) is 5.97. The second-order valence-corrected chi connectivity index (χ2v) is 5.52. The van der Waals surface area contributed by atoms with Gasteiger partial charge in [0.25, 0.3) is 0 Å². The molecule has 14 heavy (non-hydrogen) atoms. The van der Waals surface area contributed by atoms with Crippen LogP contribution in [0.15, 0.2) is 0 Å². The van der Waals surface area contributed by atoms with Crippen LogP contribution < -0.4 is 5.32 Å². The number of rotatable bonds is 3. The summed E-state index contributed by atoms with van der Waals surface area (Å²) in [4.78, 5) is 0. The average molecular weight is 243 g/mol. The molecule has 0 radical (unpaired) electrons. The fourth-order valence-electron chi connectivity index (χ4n) is 1.61. The summed E-state index contributed by atoms with van der Waals surface area (Å²) in [6.45, 7) is 5.99. The molecule has 0 aliphatic carbocycles. The predicted molar refractivity (Wildman–Crippen MR) is 60.4 cm³/mol. The van der Waals surface area contributed by atoms with Crippen molar-refractivity contribution in [3.63, 3.8) is 0 Å². The van der Waals surface area contributed by atoms with Crippen molar-refractivity contribution in [3.05, 3.63) is 0 Å². The summed E-state index contributed by atoms with van der Waals surface area (Å²) in [5.74, 6) is 0.275. The van der Waals surface area contributed by atoms with E-state index in [1.54, 1.807) is 4.31 Å². The first-order valence-corrected chi connectivity index (χ1v) is 6.39. The lowest BCUT2D eigenvalue weighted by molar-refractivity contribution is 0.284. The van der Waals surface area contributed by atoms with E-state index in [4.69, 9.17) is 0 Å². The molecule has 6 heteroatoms. The van der Waals surface area contributed by atoms with Crippen LogP contribution >= 0.6 is 12.4 Å². The maximum Gasteiger partial charge on any atom is 0.214 e. The van der Waals surface area contributed by atoms with Gasteiger partial charge in [0.2, 0.25) is 10.0 Å². The molecule has 1 atom stereocenters. The summed E-state index contributed by atoms with van der Waals surface area (Å²) < 4.78 is 25.0. The largest absolute Gasteiger partial charge is 0.314 e. The van der Waals surface area contributed by atoms with Gasteiger partial charge in [-0.2, -0.15) is 4.31 Å². The minimum Gasteiger partial charge on any atom is -0.314 e. The van der Waals surface area contributed by atoms with E-state index in [2.05, 4.69) is 5.32 Å². The molecule has 0 saturated carbocycles. The molecular formula is C8H19ClN2O2S. The van der Waals surface area contributed by atoms with Crippen LogP contribution in [-0.4, -0.2) is 44.2 Å². The van der Waals surface area contributed by atoms with Crippen LogP contribution in [0.4, 0.5) is 0 Å². The van der Waals surface area contributed by atoms with Gasteiger partial charge in [-0.1, -0.05) is 6.92 Å². The lowest BCUT2D eigenvalue weighted by atomic mass is 10.3. The van der Waals surface area contributed by atoms with Crippen LogP contribution in [-0.2, 0) is 10.0 Å². The Balaban J connectivity index is 0.00000169. The van der Waals surface area contributed by atoms with Crippen LogP contribution in [0.3, 0.4) is 0 Å². The smallest absolute Gasteiger partial charge is 0.214 e. The van der Waals surface area contributed by atoms with Crippen LogP contribution in [0.1, 0.15) is 20.3 Å². The molecule has 1 rings (SSSR count). The summed E-state index contributed by atoms with van der Waals surface area (Å²) in [7, 11) is -2.99. The molecule has 1 aliphatic rings. The van der Waals surface area contributed by atoms with E-state index in [0.717, 1.165) is 13.1 Å². The Bertz CT molecular complexity index is 256. The van der Waals surface area contributed by atoms with E-state index in [0.29, 0.717) is 13.0 Å². The molecule has 1 N–H and O–H groups in total. The molecule has 0 aromatic carbocycles. The zero-order valence-electron chi connectivity index (χ0n) is 8.69. The number of hydrogen-bond acceptors (Lipinski definition) is 3. The summed E-state index contributed by atoms with van der Waals surface area (Å²) in [6, 6.07) is 0.102. The number of hydrogen-bond donors (Lipinski definition) is 1. The van der Waals surface area contributed by atoms with E-state index < -0.39 is 10.0 Å². The highest BCUT2D eigenvalue weighted by atomic mass is 35.5. The molecular weight excluding hydrogens is 224 g/mol. The van der Waals surface area contributed by atoms with Gasteiger partial charge in [0.15, 0.2) is 0 Å². The molecule has 0 unspecified atom stereocenters. The molecule has 1 saturated heterocycles. The molecule has 1 fully saturated rings. The van der Waals surface area contributed by atoms with Crippen molar-refractivity contribution in [2.24, 2.45) is 0 Å². The van der Waals surface area contributed by atoms with Crippen molar-refractivity contribution in [2.45, 2.75) is 26.3 Å². The Labute approximate surface area is 92.5 Å². The lowest BCUT2D eigenvalue weighted by Gasteiger charge is -2.32. The van der Waals surface area contributed by atoms with Crippen molar-refractivity contribution >= 4 is 22.4 Å². The first-order chi connectivity index (χ1) is 6.08. The van der Waals surface area contributed by atoms with E-state index in [-0.39, 0.29) is 24.2 Å². The molecule has 0 aromatic heterocycles. The number of sulfonamides is 1. The number of halogens is 1. The van der Waals surface area contributed by atoms with Gasteiger partial charge in [0.05, 0.1) is 5.75 Å². The van der Waals surface area contributed by atoms with E-state index in [1.165, 1.54) is 0 Å². The van der Waals surface area contributed by atoms with Crippen molar-refractivity contribution in [1.82, 2.24) is 9.62 Å². The molecule has 1 heterocycles. The SMILES string of the molecule is CCCS(=O)(=O)N1CCNC[C@H]1C.Cl. The maximum absolute atomic E-state index is 11.7. The maximum atomic E-state index is 11.7. The van der Waals surface area contributed by atoms with Crippen LogP contribution in [0, 0.1) is 0 Å². The topological polar surface area (TPSA) is 49.4 Å². The van der Waals surface area contributed by atoms with Crippen LogP contribution in [0.2, 0.25) is 0 Å². The molecule has 0 amide bonds. The third-order valence-corrected chi connectivity index (χ3v) is 4.44. The van der Waals surface area contributed by atoms with Crippen molar-refractivity contribution in [1.29, 1.82) is 0 Å². The predicted octanol–water partition coefficient (Wildman–Crippen LogP) is 0.442. The van der Waals surface area contributed by atoms with E-state index in [9.17, 15) is 8.42 Å². The zero-order chi connectivity index (χ0) is 9.90. The third-order valence-electron chi connectivity index (χ3n) is 2.26. The second-order valence-electron chi connectivity index (χ2n) is 3.48. The van der Waals surface area contributed by atoms with Gasteiger partial charge in [0, 0.05) is 25.7 Å². The minimum absolute atomic E-state index is 0. The Morgan fingerprint density at radius 2 is 2.14 bits per heavy atom. The molecule has 0 bridgehead atoms. The molecule has 86 valence electrons. The minimum atomic E-state index is -2.99. The van der Waals surface area contributed by atoms with E-state index in [1.807, 2.05) is 13.8 Å². The van der Waals surface area contributed by atoms with Gasteiger partial charge in [-0.15, -0.1) is 12.4 Å².